The Morgan fingerprint density at radius 1 is 1.11 bits per heavy atom. The molecule has 190 valence electrons. The molecule has 12 heteroatoms. The van der Waals surface area contributed by atoms with E-state index in [-0.39, 0.29) is 17.2 Å². The summed E-state index contributed by atoms with van der Waals surface area (Å²) in [6, 6.07) is 13.1. The molecule has 1 unspecified atom stereocenters. The molecule has 0 aliphatic rings. The number of pyridine rings is 2. The van der Waals surface area contributed by atoms with Gasteiger partial charge in [0.25, 0.3) is 0 Å². The van der Waals surface area contributed by atoms with E-state index in [4.69, 9.17) is 23.2 Å². The average molecular weight is 549 g/mol. The van der Waals surface area contributed by atoms with Gasteiger partial charge in [-0.05, 0) is 42.0 Å². The van der Waals surface area contributed by atoms with Crippen LogP contribution in [0.4, 0.5) is 21.5 Å². The number of hydrogen-bond acceptors (Lipinski definition) is 8. The van der Waals surface area contributed by atoms with Gasteiger partial charge in [-0.1, -0.05) is 34.5 Å². The molecular weight excluding hydrogens is 530 g/mol. The second-order valence-electron chi connectivity index (χ2n) is 8.26. The van der Waals surface area contributed by atoms with E-state index >= 15 is 0 Å². The van der Waals surface area contributed by atoms with E-state index in [1.54, 1.807) is 29.3 Å². The molecule has 0 amide bonds. The van der Waals surface area contributed by atoms with E-state index in [9.17, 15) is 14.8 Å². The molecule has 5 aromatic rings. The topological polar surface area (TPSA) is 125 Å². The maximum atomic E-state index is 13.7. The van der Waals surface area contributed by atoms with Gasteiger partial charge in [0, 0.05) is 35.4 Å². The lowest BCUT2D eigenvalue weighted by molar-refractivity contribution is 0.268. The smallest absolute Gasteiger partial charge is 0.141 e. The summed E-state index contributed by atoms with van der Waals surface area (Å²) in [5.74, 6) is -0.552. The number of rotatable bonds is 8. The molecule has 1 atom stereocenters. The van der Waals surface area contributed by atoms with Crippen molar-refractivity contribution in [2.24, 2.45) is 0 Å². The Morgan fingerprint density at radius 2 is 1.95 bits per heavy atom. The number of nitriles is 1. The van der Waals surface area contributed by atoms with Crippen molar-refractivity contribution in [2.75, 3.05) is 17.2 Å². The summed E-state index contributed by atoms with van der Waals surface area (Å²) in [5.41, 5.74) is 3.71. The van der Waals surface area contributed by atoms with Gasteiger partial charge in [-0.25, -0.2) is 9.07 Å². The second kappa shape index (κ2) is 11.0. The Morgan fingerprint density at radius 3 is 2.68 bits per heavy atom. The third kappa shape index (κ3) is 5.21. The summed E-state index contributed by atoms with van der Waals surface area (Å²) in [5, 5.41) is 34.9. The highest BCUT2D eigenvalue weighted by atomic mass is 35.5. The van der Waals surface area contributed by atoms with E-state index in [0.29, 0.717) is 45.2 Å². The Balaban J connectivity index is 1.60. The molecule has 0 aliphatic heterocycles. The molecule has 0 saturated carbocycles. The molecule has 0 fully saturated rings. The van der Waals surface area contributed by atoms with Crippen molar-refractivity contribution in [3.05, 3.63) is 99.9 Å². The average Bonchev–Trinajstić information content (AvgIpc) is 3.38. The Labute approximate surface area is 226 Å². The van der Waals surface area contributed by atoms with Gasteiger partial charge in [-0.3, -0.25) is 9.97 Å². The first-order valence-corrected chi connectivity index (χ1v) is 12.1. The molecule has 0 spiro atoms. The Hall–Kier alpha value is -4.30. The van der Waals surface area contributed by atoms with Crippen LogP contribution in [-0.4, -0.2) is 36.7 Å². The number of aliphatic hydroxyl groups excluding tert-OH is 1. The van der Waals surface area contributed by atoms with Crippen molar-refractivity contribution in [3.8, 4) is 6.07 Å². The largest absolute Gasteiger partial charge is 0.394 e. The van der Waals surface area contributed by atoms with E-state index in [0.717, 1.165) is 5.56 Å². The minimum absolute atomic E-state index is 0.0548. The van der Waals surface area contributed by atoms with Crippen LogP contribution < -0.4 is 10.6 Å². The minimum Gasteiger partial charge on any atom is -0.394 e. The molecule has 0 saturated heterocycles. The van der Waals surface area contributed by atoms with Crippen molar-refractivity contribution >= 4 is 51.2 Å². The summed E-state index contributed by atoms with van der Waals surface area (Å²) in [6.07, 6.45) is 6.55. The van der Waals surface area contributed by atoms with Crippen molar-refractivity contribution in [2.45, 2.75) is 12.6 Å². The van der Waals surface area contributed by atoms with Crippen molar-refractivity contribution in [1.29, 1.82) is 5.26 Å². The first-order valence-electron chi connectivity index (χ1n) is 11.4. The predicted molar refractivity (Wildman–Crippen MR) is 143 cm³/mol. The van der Waals surface area contributed by atoms with Crippen LogP contribution in [0.1, 0.15) is 22.9 Å². The predicted octanol–water partition coefficient (Wildman–Crippen LogP) is 5.48. The molecule has 3 heterocycles. The van der Waals surface area contributed by atoms with Gasteiger partial charge in [0.15, 0.2) is 0 Å². The number of aromatic nitrogens is 5. The Bertz CT molecular complexity index is 1660. The number of aliphatic hydroxyl groups is 1. The number of fused-ring (bicyclic) bond motifs is 1. The molecule has 0 aliphatic carbocycles. The van der Waals surface area contributed by atoms with Crippen LogP contribution in [0.25, 0.3) is 10.9 Å². The van der Waals surface area contributed by atoms with Crippen molar-refractivity contribution in [3.63, 3.8) is 0 Å². The number of anilines is 3. The number of halogens is 3. The fourth-order valence-corrected chi connectivity index (χ4v) is 4.43. The fourth-order valence-electron chi connectivity index (χ4n) is 3.98. The molecule has 9 nitrogen and oxygen atoms in total. The second-order valence-corrected chi connectivity index (χ2v) is 9.07. The molecule has 2 aromatic carbocycles. The van der Waals surface area contributed by atoms with E-state index < -0.39 is 11.9 Å². The molecule has 0 bridgehead atoms. The monoisotopic (exact) mass is 548 g/mol. The molecule has 38 heavy (non-hydrogen) atoms. The van der Waals surface area contributed by atoms with Crippen LogP contribution in [0, 0.1) is 17.1 Å². The summed E-state index contributed by atoms with van der Waals surface area (Å²) in [4.78, 5) is 8.60. The summed E-state index contributed by atoms with van der Waals surface area (Å²) in [7, 11) is 0. The van der Waals surface area contributed by atoms with Gasteiger partial charge in [-0.15, -0.1) is 5.10 Å². The zero-order chi connectivity index (χ0) is 26.6. The third-order valence-corrected chi connectivity index (χ3v) is 6.32. The van der Waals surface area contributed by atoms with Crippen molar-refractivity contribution in [1.82, 2.24) is 25.0 Å². The van der Waals surface area contributed by atoms with Crippen LogP contribution in [0.5, 0.6) is 0 Å². The first-order chi connectivity index (χ1) is 18.5. The van der Waals surface area contributed by atoms with Crippen LogP contribution in [0.15, 0.2) is 67.3 Å². The van der Waals surface area contributed by atoms with Crippen LogP contribution in [-0.2, 0) is 6.54 Å². The minimum atomic E-state index is -0.552. The lowest BCUT2D eigenvalue weighted by Gasteiger charge is -2.19. The number of benzene rings is 2. The zero-order valence-electron chi connectivity index (χ0n) is 19.6. The van der Waals surface area contributed by atoms with Crippen LogP contribution in [0.2, 0.25) is 10.0 Å². The van der Waals surface area contributed by atoms with Crippen LogP contribution in [0.3, 0.4) is 0 Å². The van der Waals surface area contributed by atoms with Crippen molar-refractivity contribution < 1.29 is 9.50 Å². The molecule has 3 aromatic heterocycles. The van der Waals surface area contributed by atoms with Crippen LogP contribution >= 0.6 is 23.2 Å². The fraction of sp³-hybridized carbons (Fsp3) is 0.115. The van der Waals surface area contributed by atoms with E-state index in [1.807, 2.05) is 18.2 Å². The number of nitrogens with one attached hydrogen (secondary N) is 2. The molecule has 5 rings (SSSR count). The quantitative estimate of drug-likeness (QED) is 0.233. The van der Waals surface area contributed by atoms with Gasteiger partial charge < -0.3 is 15.7 Å². The number of nitrogens with zero attached hydrogens (tertiary/aromatic N) is 6. The molecular formula is C26H19Cl2FN8O. The van der Waals surface area contributed by atoms with Gasteiger partial charge in [0.05, 0.1) is 52.2 Å². The van der Waals surface area contributed by atoms with E-state index in [2.05, 4.69) is 37.0 Å². The normalized spacial score (nSPS) is 11.8. The molecule has 3 N–H and O–H groups in total. The summed E-state index contributed by atoms with van der Waals surface area (Å²) >= 11 is 12.6. The maximum Gasteiger partial charge on any atom is 0.141 e. The van der Waals surface area contributed by atoms with Gasteiger partial charge >= 0.3 is 0 Å². The van der Waals surface area contributed by atoms with Gasteiger partial charge in [0.2, 0.25) is 0 Å². The number of hydrogen-bond donors (Lipinski definition) is 3. The van der Waals surface area contributed by atoms with Gasteiger partial charge in [-0.2, -0.15) is 5.26 Å². The first kappa shape index (κ1) is 25.4. The highest BCUT2D eigenvalue weighted by Crippen LogP contribution is 2.37. The lowest BCUT2D eigenvalue weighted by Crippen LogP contribution is -2.13. The summed E-state index contributed by atoms with van der Waals surface area (Å²) < 4.78 is 15.3. The SMILES string of the molecule is N#Cc1cnc2c(Cl)cc(NC(c3cccnc3)c3cn(CCO)nn3)cc2c1Nc1ccc(F)c(Cl)c1. The zero-order valence-corrected chi connectivity index (χ0v) is 21.1. The summed E-state index contributed by atoms with van der Waals surface area (Å²) in [6.45, 7) is 0.233. The maximum absolute atomic E-state index is 13.7. The third-order valence-electron chi connectivity index (χ3n) is 5.74. The standard InChI is InChI=1S/C26H19Cl2FN8O/c27-20-9-17(3-4-22(20)29)33-24-16(11-30)13-32-26-19(24)8-18(10-21(26)28)34-25(15-2-1-5-31-12-15)23-14-37(6-7-38)36-35-23/h1-5,8-10,12-14,25,34,38H,6-7H2,(H,32,33). The lowest BCUT2D eigenvalue weighted by atomic mass is 10.0. The van der Waals surface area contributed by atoms with Gasteiger partial charge in [0.1, 0.15) is 17.6 Å². The highest BCUT2D eigenvalue weighted by Gasteiger charge is 2.20. The Kier molecular flexibility index (Phi) is 7.33. The molecule has 0 radical (unpaired) electrons. The van der Waals surface area contributed by atoms with E-state index in [1.165, 1.54) is 24.4 Å². The highest BCUT2D eigenvalue weighted by molar-refractivity contribution is 6.36.